The van der Waals surface area contributed by atoms with Crippen LogP contribution < -0.4 is 4.89 Å². The Morgan fingerprint density at radius 2 is 0.934 bits per heavy atom. The van der Waals surface area contributed by atoms with Gasteiger partial charge in [-0.15, -0.1) is 0 Å². The molecule has 0 N–H and O–H groups in total. The van der Waals surface area contributed by atoms with Gasteiger partial charge in [-0.3, -0.25) is 9.36 Å². The third kappa shape index (κ3) is 49.3. The minimum absolute atomic E-state index is 0.0160. The fourth-order valence-electron chi connectivity index (χ4n) is 7.02. The van der Waals surface area contributed by atoms with Gasteiger partial charge in [0.15, 0.2) is 0 Å². The monoisotopic (exact) mass is 880 g/mol. The summed E-state index contributed by atoms with van der Waals surface area (Å²) in [6.07, 6.45) is 55.9. The summed E-state index contributed by atoms with van der Waals surface area (Å²) in [5.74, 6) is -0.349. The van der Waals surface area contributed by atoms with E-state index in [1.54, 1.807) is 0 Å². The quantitative estimate of drug-likeness (QED) is 0.0198. The lowest BCUT2D eigenvalue weighted by molar-refractivity contribution is -0.870. The van der Waals surface area contributed by atoms with E-state index in [2.05, 4.69) is 62.5 Å². The highest BCUT2D eigenvalue weighted by Crippen LogP contribution is 2.38. The number of nitrogens with zero attached hydrogens (tertiary/aromatic N) is 1. The van der Waals surface area contributed by atoms with Crippen LogP contribution in [0.25, 0.3) is 0 Å². The molecule has 0 heterocycles. The van der Waals surface area contributed by atoms with Crippen molar-refractivity contribution in [3.63, 3.8) is 0 Å². The average Bonchev–Trinajstić information content (AvgIpc) is 3.22. The molecular weight excluding hydrogens is 782 g/mol. The molecule has 0 radical (unpaired) electrons. The molecule has 0 aromatic carbocycles. The van der Waals surface area contributed by atoms with Crippen LogP contribution in [0.15, 0.2) is 48.6 Å². The molecule has 0 amide bonds. The number of carbonyl (C=O) groups excluding carboxylic acids is 1. The van der Waals surface area contributed by atoms with E-state index < -0.39 is 13.9 Å². The first-order valence-electron chi connectivity index (χ1n) is 25.4. The average molecular weight is 880 g/mol. The summed E-state index contributed by atoms with van der Waals surface area (Å²) >= 11 is 0. The summed E-state index contributed by atoms with van der Waals surface area (Å²) in [4.78, 5) is 25.1. The van der Waals surface area contributed by atoms with Crippen molar-refractivity contribution < 1.29 is 37.3 Å². The minimum Gasteiger partial charge on any atom is -0.756 e. The summed E-state index contributed by atoms with van der Waals surface area (Å²) < 4.78 is 34.6. The highest BCUT2D eigenvalue weighted by molar-refractivity contribution is 7.45. The molecule has 0 saturated heterocycles. The Kier molecular flexibility index (Phi) is 43.9. The van der Waals surface area contributed by atoms with E-state index in [-0.39, 0.29) is 25.8 Å². The zero-order valence-electron chi connectivity index (χ0n) is 40.6. The van der Waals surface area contributed by atoms with E-state index in [0.717, 1.165) is 57.8 Å². The number of hydrogen-bond acceptors (Lipinski definition) is 7. The highest BCUT2D eigenvalue weighted by Gasteiger charge is 2.20. The zero-order chi connectivity index (χ0) is 44.8. The van der Waals surface area contributed by atoms with Crippen molar-refractivity contribution >= 4 is 13.8 Å². The molecule has 2 atom stereocenters. The molecule has 9 heteroatoms. The number of ether oxygens (including phenoxy) is 2. The van der Waals surface area contributed by atoms with Crippen LogP contribution in [0.2, 0.25) is 0 Å². The Morgan fingerprint density at radius 3 is 1.36 bits per heavy atom. The predicted octanol–water partition coefficient (Wildman–Crippen LogP) is 14.9. The summed E-state index contributed by atoms with van der Waals surface area (Å²) in [6, 6.07) is 0. The van der Waals surface area contributed by atoms with Gasteiger partial charge in [-0.05, 0) is 44.9 Å². The molecule has 0 aromatic heterocycles. The standard InChI is InChI=1S/C52H98NO7P/c1-6-8-10-12-14-16-18-20-22-23-24-25-26-27-28-29-30-31-32-33-35-37-39-41-43-45-52(54)60-51(50-59-61(55,56)58-48-46-53(3,4)5)49-57-47-44-42-40-38-36-34-21-19-17-15-13-11-9-7-2/h9,11,15,17,21,34,38,40,51H,6-8,10,12-14,16,18-20,22-33,35-37,39,41-50H2,1-5H3/b11-9-,17-15-,34-21-,40-38-. The Morgan fingerprint density at radius 1 is 0.525 bits per heavy atom. The van der Waals surface area contributed by atoms with Gasteiger partial charge in [0.25, 0.3) is 7.82 Å². The number of phosphoric acid groups is 1. The lowest BCUT2D eigenvalue weighted by atomic mass is 10.0. The largest absolute Gasteiger partial charge is 0.756 e. The van der Waals surface area contributed by atoms with E-state index in [4.69, 9.17) is 18.5 Å². The van der Waals surface area contributed by atoms with Crippen LogP contribution in [0.4, 0.5) is 0 Å². The fourth-order valence-corrected chi connectivity index (χ4v) is 7.75. The van der Waals surface area contributed by atoms with Gasteiger partial charge in [-0.25, -0.2) is 0 Å². The zero-order valence-corrected chi connectivity index (χ0v) is 41.5. The number of carbonyl (C=O) groups is 1. The van der Waals surface area contributed by atoms with Crippen LogP contribution >= 0.6 is 7.82 Å². The van der Waals surface area contributed by atoms with E-state index >= 15 is 0 Å². The third-order valence-corrected chi connectivity index (χ3v) is 11.9. The minimum atomic E-state index is -4.54. The van der Waals surface area contributed by atoms with E-state index in [9.17, 15) is 14.3 Å². The molecule has 0 aromatic rings. The maximum absolute atomic E-state index is 12.7. The first kappa shape index (κ1) is 59.5. The van der Waals surface area contributed by atoms with Crippen LogP contribution in [-0.2, 0) is 27.9 Å². The van der Waals surface area contributed by atoms with Crippen LogP contribution in [-0.4, -0.2) is 70.7 Å². The molecule has 0 aliphatic heterocycles. The van der Waals surface area contributed by atoms with E-state index in [1.807, 2.05) is 21.1 Å². The van der Waals surface area contributed by atoms with Gasteiger partial charge in [0.05, 0.1) is 34.4 Å². The fraction of sp³-hybridized carbons (Fsp3) is 0.827. The Labute approximate surface area is 378 Å². The van der Waals surface area contributed by atoms with Crippen molar-refractivity contribution in [1.82, 2.24) is 0 Å². The summed E-state index contributed by atoms with van der Waals surface area (Å²) in [5.41, 5.74) is 0. The number of allylic oxidation sites excluding steroid dienone is 8. The maximum Gasteiger partial charge on any atom is 0.306 e. The predicted molar refractivity (Wildman–Crippen MR) is 259 cm³/mol. The molecule has 0 spiro atoms. The Hall–Kier alpha value is -1.54. The van der Waals surface area contributed by atoms with Crippen LogP contribution in [0.1, 0.15) is 219 Å². The van der Waals surface area contributed by atoms with Crippen molar-refractivity contribution in [2.75, 3.05) is 54.1 Å². The lowest BCUT2D eigenvalue weighted by Gasteiger charge is -2.28. The molecule has 0 aliphatic carbocycles. The molecule has 8 nitrogen and oxygen atoms in total. The molecule has 2 unspecified atom stereocenters. The van der Waals surface area contributed by atoms with Crippen molar-refractivity contribution in [2.45, 2.75) is 225 Å². The smallest absolute Gasteiger partial charge is 0.306 e. The SMILES string of the molecule is CC/C=C\C/C=C\C/C=C\C/C=C\CCCOCC(COP(=O)([O-])OCC[N+](C)(C)C)OC(=O)CCCCCCCCCCCCCCCCCCCCCCCCCCC. The summed E-state index contributed by atoms with van der Waals surface area (Å²) in [6.45, 7) is 5.17. The molecule has 0 aliphatic rings. The van der Waals surface area contributed by atoms with Crippen molar-refractivity contribution in [2.24, 2.45) is 0 Å². The number of hydrogen-bond donors (Lipinski definition) is 0. The molecule has 0 bridgehead atoms. The van der Waals surface area contributed by atoms with Crippen LogP contribution in [0, 0.1) is 0 Å². The number of rotatable bonds is 47. The van der Waals surface area contributed by atoms with E-state index in [1.165, 1.54) is 141 Å². The van der Waals surface area contributed by atoms with Gasteiger partial charge < -0.3 is 27.9 Å². The number of phosphoric ester groups is 1. The molecule has 0 rings (SSSR count). The van der Waals surface area contributed by atoms with Gasteiger partial charge in [-0.2, -0.15) is 0 Å². The second-order valence-electron chi connectivity index (χ2n) is 18.2. The first-order valence-corrected chi connectivity index (χ1v) is 26.8. The highest BCUT2D eigenvalue weighted by atomic mass is 31.2. The van der Waals surface area contributed by atoms with Crippen molar-refractivity contribution in [3.8, 4) is 0 Å². The maximum atomic E-state index is 12.7. The van der Waals surface area contributed by atoms with Gasteiger partial charge in [0.2, 0.25) is 0 Å². The van der Waals surface area contributed by atoms with Gasteiger partial charge in [0.1, 0.15) is 19.3 Å². The van der Waals surface area contributed by atoms with Crippen LogP contribution in [0.5, 0.6) is 0 Å². The van der Waals surface area contributed by atoms with E-state index in [0.29, 0.717) is 24.1 Å². The van der Waals surface area contributed by atoms with Crippen molar-refractivity contribution in [1.29, 1.82) is 0 Å². The summed E-state index contributed by atoms with van der Waals surface area (Å²) in [5, 5.41) is 0. The van der Waals surface area contributed by atoms with Gasteiger partial charge >= 0.3 is 5.97 Å². The van der Waals surface area contributed by atoms with Gasteiger partial charge in [0, 0.05) is 13.0 Å². The van der Waals surface area contributed by atoms with Crippen molar-refractivity contribution in [3.05, 3.63) is 48.6 Å². The molecule has 358 valence electrons. The van der Waals surface area contributed by atoms with Crippen LogP contribution in [0.3, 0.4) is 0 Å². The first-order chi connectivity index (χ1) is 29.6. The molecule has 0 fully saturated rings. The number of likely N-dealkylation sites (N-methyl/N-ethyl adjacent to an activating group) is 1. The van der Waals surface area contributed by atoms with Gasteiger partial charge in [-0.1, -0.05) is 217 Å². The molecule has 0 saturated carbocycles. The molecule has 61 heavy (non-hydrogen) atoms. The number of quaternary nitrogens is 1. The second kappa shape index (κ2) is 45.0. The number of unbranched alkanes of at least 4 members (excludes halogenated alkanes) is 25. The molecular formula is C52H98NO7P. The Bertz CT molecular complexity index is 1120. The second-order valence-corrected chi connectivity index (χ2v) is 19.6. The topological polar surface area (TPSA) is 94.1 Å². The number of esters is 1. The summed E-state index contributed by atoms with van der Waals surface area (Å²) in [7, 11) is 1.33. The lowest BCUT2D eigenvalue weighted by Crippen LogP contribution is -2.37. The third-order valence-electron chi connectivity index (χ3n) is 10.9. The normalized spacial score (nSPS) is 14.0. The Balaban J connectivity index is 4.09.